The average molecular weight is 497 g/mol. The molecule has 1 aliphatic rings. The number of hydrogen-bond donors (Lipinski definition) is 0. The molecule has 0 saturated heterocycles. The second kappa shape index (κ2) is 11.2. The first-order chi connectivity index (χ1) is 16.5. The fourth-order valence-corrected chi connectivity index (χ4v) is 5.50. The molecule has 34 heavy (non-hydrogen) atoms. The summed E-state index contributed by atoms with van der Waals surface area (Å²) in [6.45, 7) is 3.64. The minimum absolute atomic E-state index is 0.0108. The van der Waals surface area contributed by atoms with Crippen molar-refractivity contribution in [3.63, 3.8) is 0 Å². The van der Waals surface area contributed by atoms with E-state index < -0.39 is 0 Å². The number of halogens is 1. The third-order valence-corrected chi connectivity index (χ3v) is 7.37. The topological polar surface area (TPSA) is 49.9 Å². The van der Waals surface area contributed by atoms with Crippen LogP contribution >= 0.6 is 22.9 Å². The Morgan fingerprint density at radius 3 is 2.71 bits per heavy atom. The van der Waals surface area contributed by atoms with Crippen LogP contribution in [0.2, 0.25) is 5.02 Å². The van der Waals surface area contributed by atoms with Crippen LogP contribution in [-0.2, 0) is 16.0 Å². The molecule has 2 aromatic carbocycles. The fourth-order valence-electron chi connectivity index (χ4n) is 4.40. The molecule has 1 aromatic heterocycles. The third kappa shape index (κ3) is 5.52. The maximum atomic E-state index is 13.7. The van der Waals surface area contributed by atoms with Crippen LogP contribution in [0.1, 0.15) is 44.4 Å². The van der Waals surface area contributed by atoms with E-state index in [1.807, 2.05) is 4.90 Å². The predicted octanol–water partition coefficient (Wildman–Crippen LogP) is 5.36. The number of amides is 2. The molecule has 2 heterocycles. The fraction of sp³-hybridized carbons (Fsp3) is 0.333. The predicted molar refractivity (Wildman–Crippen MR) is 137 cm³/mol. The van der Waals surface area contributed by atoms with Crippen LogP contribution in [0, 0.1) is 6.92 Å². The van der Waals surface area contributed by atoms with Gasteiger partial charge >= 0.3 is 0 Å². The SMILES string of the molecule is COCCCN(CC(=O)N1CCc2sccc2C1c1ccc(C)cc1)C(=O)c1cccc(Cl)c1. The van der Waals surface area contributed by atoms with E-state index in [-0.39, 0.29) is 24.4 Å². The molecule has 0 radical (unpaired) electrons. The van der Waals surface area contributed by atoms with Gasteiger partial charge in [-0.25, -0.2) is 0 Å². The number of rotatable bonds is 8. The summed E-state index contributed by atoms with van der Waals surface area (Å²) in [7, 11) is 1.63. The molecule has 5 nitrogen and oxygen atoms in total. The summed E-state index contributed by atoms with van der Waals surface area (Å²) in [5, 5.41) is 2.59. The normalized spacial score (nSPS) is 15.1. The molecule has 2 amide bonds. The quantitative estimate of drug-likeness (QED) is 0.394. The zero-order chi connectivity index (χ0) is 24.1. The van der Waals surface area contributed by atoms with Gasteiger partial charge in [-0.1, -0.05) is 47.5 Å². The zero-order valence-corrected chi connectivity index (χ0v) is 21.1. The number of carbonyl (C=O) groups is 2. The Morgan fingerprint density at radius 2 is 1.97 bits per heavy atom. The van der Waals surface area contributed by atoms with Crippen LogP contribution in [0.15, 0.2) is 60.0 Å². The van der Waals surface area contributed by atoms with Gasteiger partial charge in [-0.2, -0.15) is 0 Å². The van der Waals surface area contributed by atoms with Crippen LogP contribution in [-0.4, -0.2) is 55.0 Å². The molecule has 4 rings (SSSR count). The number of carbonyl (C=O) groups excluding carboxylic acids is 2. The average Bonchev–Trinajstić information content (AvgIpc) is 3.32. The number of ether oxygens (including phenoxy) is 1. The number of thiophene rings is 1. The molecule has 0 aliphatic carbocycles. The molecule has 0 bridgehead atoms. The Bertz CT molecular complexity index is 1140. The minimum atomic E-state index is -0.202. The lowest BCUT2D eigenvalue weighted by atomic mass is 9.92. The highest BCUT2D eigenvalue weighted by molar-refractivity contribution is 7.10. The summed E-state index contributed by atoms with van der Waals surface area (Å²) >= 11 is 7.86. The number of aryl methyl sites for hydroxylation is 1. The van der Waals surface area contributed by atoms with Gasteiger partial charge in [-0.15, -0.1) is 11.3 Å². The largest absolute Gasteiger partial charge is 0.385 e. The number of nitrogens with zero attached hydrogens (tertiary/aromatic N) is 2. The Hall–Kier alpha value is -2.67. The highest BCUT2D eigenvalue weighted by Gasteiger charge is 2.34. The summed E-state index contributed by atoms with van der Waals surface area (Å²) < 4.78 is 5.18. The Morgan fingerprint density at radius 1 is 1.18 bits per heavy atom. The van der Waals surface area contributed by atoms with Gasteiger partial charge < -0.3 is 14.5 Å². The summed E-state index contributed by atoms with van der Waals surface area (Å²) in [6, 6.07) is 17.2. The molecule has 1 aliphatic heterocycles. The Labute approximate surface area is 209 Å². The molecule has 0 N–H and O–H groups in total. The minimum Gasteiger partial charge on any atom is -0.385 e. The number of benzene rings is 2. The third-order valence-electron chi connectivity index (χ3n) is 6.14. The Kier molecular flexibility index (Phi) is 8.03. The molecular weight excluding hydrogens is 468 g/mol. The van der Waals surface area contributed by atoms with Crippen LogP contribution in [0.5, 0.6) is 0 Å². The van der Waals surface area contributed by atoms with Gasteiger partial charge in [0.05, 0.1) is 6.04 Å². The summed E-state index contributed by atoms with van der Waals surface area (Å²) in [4.78, 5) is 31.9. The highest BCUT2D eigenvalue weighted by Crippen LogP contribution is 2.38. The number of hydrogen-bond acceptors (Lipinski definition) is 4. The van der Waals surface area contributed by atoms with Gasteiger partial charge in [0, 0.05) is 42.3 Å². The van der Waals surface area contributed by atoms with E-state index in [0.717, 1.165) is 12.0 Å². The monoisotopic (exact) mass is 496 g/mol. The van der Waals surface area contributed by atoms with Crippen LogP contribution in [0.4, 0.5) is 0 Å². The second-order valence-corrected chi connectivity index (χ2v) is 9.97. The van der Waals surface area contributed by atoms with Crippen molar-refractivity contribution in [2.24, 2.45) is 0 Å². The summed E-state index contributed by atoms with van der Waals surface area (Å²) in [5.41, 5.74) is 3.93. The van der Waals surface area contributed by atoms with Gasteiger partial charge in [0.1, 0.15) is 6.54 Å². The molecule has 1 atom stereocenters. The first-order valence-corrected chi connectivity index (χ1v) is 12.7. The van der Waals surface area contributed by atoms with E-state index >= 15 is 0 Å². The van der Waals surface area contributed by atoms with Gasteiger partial charge in [0.15, 0.2) is 0 Å². The van der Waals surface area contributed by atoms with Crippen molar-refractivity contribution in [1.82, 2.24) is 9.80 Å². The van der Waals surface area contributed by atoms with E-state index in [4.69, 9.17) is 16.3 Å². The lowest BCUT2D eigenvalue weighted by Crippen LogP contribution is -2.47. The Balaban J connectivity index is 1.60. The summed E-state index contributed by atoms with van der Waals surface area (Å²) in [6.07, 6.45) is 1.47. The zero-order valence-electron chi connectivity index (χ0n) is 19.5. The molecule has 178 valence electrons. The molecule has 0 saturated carbocycles. The molecule has 1 unspecified atom stereocenters. The van der Waals surface area contributed by atoms with Crippen molar-refractivity contribution in [2.75, 3.05) is 33.4 Å². The van der Waals surface area contributed by atoms with Crippen LogP contribution in [0.25, 0.3) is 0 Å². The van der Waals surface area contributed by atoms with Crippen LogP contribution < -0.4 is 0 Å². The van der Waals surface area contributed by atoms with E-state index in [1.54, 1.807) is 47.6 Å². The van der Waals surface area contributed by atoms with Crippen molar-refractivity contribution in [1.29, 1.82) is 0 Å². The lowest BCUT2D eigenvalue weighted by molar-refractivity contribution is -0.134. The summed E-state index contributed by atoms with van der Waals surface area (Å²) in [5.74, 6) is -0.262. The van der Waals surface area contributed by atoms with Crippen molar-refractivity contribution in [2.45, 2.75) is 25.8 Å². The van der Waals surface area contributed by atoms with Crippen molar-refractivity contribution < 1.29 is 14.3 Å². The van der Waals surface area contributed by atoms with Crippen LogP contribution in [0.3, 0.4) is 0 Å². The van der Waals surface area contributed by atoms with Gasteiger partial charge in [-0.3, -0.25) is 9.59 Å². The standard InChI is InChI=1S/C27H29ClN2O3S/c1-19-7-9-20(10-8-19)26-23-12-16-34-24(23)11-14-30(26)25(31)18-29(13-4-15-33-2)27(32)21-5-3-6-22(28)17-21/h3,5-10,12,16-17,26H,4,11,13-15,18H2,1-2H3. The highest BCUT2D eigenvalue weighted by atomic mass is 35.5. The van der Waals surface area contributed by atoms with E-state index in [1.165, 1.54) is 16.0 Å². The molecular formula is C27H29ClN2O3S. The maximum Gasteiger partial charge on any atom is 0.254 e. The first kappa shape index (κ1) is 24.5. The van der Waals surface area contributed by atoms with Gasteiger partial charge in [-0.05, 0) is 60.5 Å². The van der Waals surface area contributed by atoms with Gasteiger partial charge in [0.25, 0.3) is 5.91 Å². The van der Waals surface area contributed by atoms with Gasteiger partial charge in [0.2, 0.25) is 5.91 Å². The molecule has 0 fully saturated rings. The number of fused-ring (bicyclic) bond motifs is 1. The molecule has 3 aromatic rings. The lowest BCUT2D eigenvalue weighted by Gasteiger charge is -2.37. The molecule has 0 spiro atoms. The smallest absolute Gasteiger partial charge is 0.254 e. The number of methoxy groups -OCH3 is 1. The van der Waals surface area contributed by atoms with E-state index in [9.17, 15) is 9.59 Å². The first-order valence-electron chi connectivity index (χ1n) is 11.4. The maximum absolute atomic E-state index is 13.7. The van der Waals surface area contributed by atoms with Crippen molar-refractivity contribution >= 4 is 34.8 Å². The van der Waals surface area contributed by atoms with Crippen molar-refractivity contribution in [3.8, 4) is 0 Å². The second-order valence-electron chi connectivity index (χ2n) is 8.53. The molecule has 7 heteroatoms. The van der Waals surface area contributed by atoms with Crippen molar-refractivity contribution in [3.05, 3.63) is 92.1 Å². The van der Waals surface area contributed by atoms with E-state index in [0.29, 0.717) is 36.7 Å². The van der Waals surface area contributed by atoms with E-state index in [2.05, 4.69) is 42.6 Å².